The van der Waals surface area contributed by atoms with Crippen LogP contribution in [-0.2, 0) is 0 Å². The molecule has 0 atom stereocenters. The molecule has 1 saturated heterocycles. The van der Waals surface area contributed by atoms with Crippen LogP contribution in [0.25, 0.3) is 0 Å². The van der Waals surface area contributed by atoms with Crippen LogP contribution >= 0.6 is 12.2 Å². The zero-order valence-corrected chi connectivity index (χ0v) is 12.6. The fraction of sp³-hybridized carbons (Fsp3) is 0.235. The van der Waals surface area contributed by atoms with Crippen molar-refractivity contribution in [3.63, 3.8) is 0 Å². The molecule has 0 radical (unpaired) electrons. The number of hydrogen-bond acceptors (Lipinski definition) is 3. The second kappa shape index (κ2) is 6.14. The van der Waals surface area contributed by atoms with Crippen LogP contribution in [0.15, 0.2) is 54.6 Å². The molecule has 1 fully saturated rings. The maximum atomic E-state index is 9.56. The van der Waals surface area contributed by atoms with Gasteiger partial charge in [-0.1, -0.05) is 42.5 Å². The smallest absolute Gasteiger partial charge is 0.116 e. The van der Waals surface area contributed by atoms with Gasteiger partial charge in [0.15, 0.2) is 0 Å². The number of para-hydroxylation sites is 1. The quantitative estimate of drug-likeness (QED) is 0.863. The lowest BCUT2D eigenvalue weighted by Gasteiger charge is -2.37. The number of anilines is 1. The highest BCUT2D eigenvalue weighted by Crippen LogP contribution is 2.18. The summed E-state index contributed by atoms with van der Waals surface area (Å²) in [5.41, 5.74) is 2.18. The summed E-state index contributed by atoms with van der Waals surface area (Å²) in [4.78, 5) is 5.41. The van der Waals surface area contributed by atoms with Crippen molar-refractivity contribution in [2.24, 2.45) is 0 Å². The largest absolute Gasteiger partial charge is 0.508 e. The summed E-state index contributed by atoms with van der Waals surface area (Å²) < 4.78 is 0. The SMILES string of the molecule is Oc1cccc(C(=S)N2CCN(c3ccccc3)CC2)c1. The topological polar surface area (TPSA) is 26.7 Å². The first kappa shape index (κ1) is 13.9. The third-order valence-corrected chi connectivity index (χ3v) is 4.28. The van der Waals surface area contributed by atoms with Gasteiger partial charge in [-0.3, -0.25) is 0 Å². The third kappa shape index (κ3) is 3.16. The molecule has 0 aliphatic carbocycles. The first-order valence-corrected chi connectivity index (χ1v) is 7.53. The molecule has 2 aromatic rings. The predicted octanol–water partition coefficient (Wildman–Crippen LogP) is 2.89. The van der Waals surface area contributed by atoms with Crippen molar-refractivity contribution in [1.82, 2.24) is 4.90 Å². The lowest BCUT2D eigenvalue weighted by Crippen LogP contribution is -2.48. The van der Waals surface area contributed by atoms with E-state index in [0.717, 1.165) is 36.7 Å². The zero-order chi connectivity index (χ0) is 14.7. The number of thiocarbonyl (C=S) groups is 1. The van der Waals surface area contributed by atoms with Gasteiger partial charge in [-0.25, -0.2) is 0 Å². The predicted molar refractivity (Wildman–Crippen MR) is 90.0 cm³/mol. The highest BCUT2D eigenvalue weighted by atomic mass is 32.1. The van der Waals surface area contributed by atoms with Crippen molar-refractivity contribution < 1.29 is 5.11 Å². The van der Waals surface area contributed by atoms with Crippen LogP contribution in [0, 0.1) is 0 Å². The Morgan fingerprint density at radius 1 is 0.905 bits per heavy atom. The van der Waals surface area contributed by atoms with Crippen LogP contribution in [-0.4, -0.2) is 41.2 Å². The average molecular weight is 298 g/mol. The molecule has 0 unspecified atom stereocenters. The van der Waals surface area contributed by atoms with E-state index >= 15 is 0 Å². The standard InChI is InChI=1S/C17H18N2OS/c20-16-8-4-5-14(13-16)17(21)19-11-9-18(10-12-19)15-6-2-1-3-7-15/h1-8,13,20H,9-12H2. The fourth-order valence-corrected chi connectivity index (χ4v) is 2.94. The molecule has 1 N–H and O–H groups in total. The summed E-state index contributed by atoms with van der Waals surface area (Å²) in [5, 5.41) is 9.56. The van der Waals surface area contributed by atoms with E-state index in [1.807, 2.05) is 18.2 Å². The van der Waals surface area contributed by atoms with Crippen molar-refractivity contribution in [2.45, 2.75) is 0 Å². The number of nitrogens with zero attached hydrogens (tertiary/aromatic N) is 2. The minimum atomic E-state index is 0.262. The van der Waals surface area contributed by atoms with Crippen molar-refractivity contribution in [1.29, 1.82) is 0 Å². The average Bonchev–Trinajstić information content (AvgIpc) is 2.55. The molecule has 1 heterocycles. The molecule has 0 aromatic heterocycles. The molecule has 2 aromatic carbocycles. The molecule has 3 nitrogen and oxygen atoms in total. The lowest BCUT2D eigenvalue weighted by molar-refractivity contribution is 0.392. The second-order valence-electron chi connectivity index (χ2n) is 5.17. The van der Waals surface area contributed by atoms with Crippen LogP contribution < -0.4 is 4.90 Å². The number of phenolic OH excluding ortho intramolecular Hbond substituents is 1. The van der Waals surface area contributed by atoms with E-state index in [4.69, 9.17) is 12.2 Å². The van der Waals surface area contributed by atoms with E-state index in [1.54, 1.807) is 12.1 Å². The molecular weight excluding hydrogens is 280 g/mol. The Bertz CT molecular complexity index is 622. The lowest BCUT2D eigenvalue weighted by atomic mass is 10.1. The van der Waals surface area contributed by atoms with Crippen LogP contribution in [0.5, 0.6) is 5.75 Å². The van der Waals surface area contributed by atoms with Gasteiger partial charge in [-0.05, 0) is 24.3 Å². The fourth-order valence-electron chi connectivity index (χ4n) is 2.63. The van der Waals surface area contributed by atoms with Crippen molar-refractivity contribution in [3.05, 3.63) is 60.2 Å². The van der Waals surface area contributed by atoms with Gasteiger partial charge < -0.3 is 14.9 Å². The van der Waals surface area contributed by atoms with Crippen LogP contribution in [0.4, 0.5) is 5.69 Å². The van der Waals surface area contributed by atoms with E-state index in [0.29, 0.717) is 0 Å². The van der Waals surface area contributed by atoms with Gasteiger partial charge in [-0.2, -0.15) is 0 Å². The Hall–Kier alpha value is -2.07. The summed E-state index contributed by atoms with van der Waals surface area (Å²) in [6.07, 6.45) is 0. The van der Waals surface area contributed by atoms with Gasteiger partial charge in [0.05, 0.1) is 0 Å². The molecule has 0 spiro atoms. The second-order valence-corrected chi connectivity index (χ2v) is 5.55. The highest BCUT2D eigenvalue weighted by Gasteiger charge is 2.19. The van der Waals surface area contributed by atoms with Crippen LogP contribution in [0.3, 0.4) is 0 Å². The van der Waals surface area contributed by atoms with Gasteiger partial charge in [0.1, 0.15) is 10.7 Å². The third-order valence-electron chi connectivity index (χ3n) is 3.78. The number of rotatable bonds is 2. The molecule has 21 heavy (non-hydrogen) atoms. The van der Waals surface area contributed by atoms with Crippen molar-refractivity contribution >= 4 is 22.9 Å². The molecule has 4 heteroatoms. The first-order valence-electron chi connectivity index (χ1n) is 7.12. The number of aromatic hydroxyl groups is 1. The molecular formula is C17H18N2OS. The van der Waals surface area contributed by atoms with E-state index in [9.17, 15) is 5.11 Å². The zero-order valence-electron chi connectivity index (χ0n) is 11.8. The Morgan fingerprint density at radius 3 is 2.29 bits per heavy atom. The summed E-state index contributed by atoms with van der Waals surface area (Å²) in [6.45, 7) is 3.73. The molecule has 108 valence electrons. The first-order chi connectivity index (χ1) is 10.2. The van der Waals surface area contributed by atoms with E-state index in [2.05, 4.69) is 34.1 Å². The number of hydrogen-bond donors (Lipinski definition) is 1. The summed E-state index contributed by atoms with van der Waals surface area (Å²) >= 11 is 5.55. The minimum absolute atomic E-state index is 0.262. The van der Waals surface area contributed by atoms with Gasteiger partial charge in [-0.15, -0.1) is 0 Å². The Balaban J connectivity index is 1.64. The van der Waals surface area contributed by atoms with Gasteiger partial charge in [0, 0.05) is 37.4 Å². The van der Waals surface area contributed by atoms with Crippen LogP contribution in [0.1, 0.15) is 5.56 Å². The molecule has 1 aliphatic rings. The Morgan fingerprint density at radius 2 is 1.62 bits per heavy atom. The summed E-state index contributed by atoms with van der Waals surface area (Å²) in [6, 6.07) is 17.6. The molecule has 0 saturated carbocycles. The number of benzene rings is 2. The Kier molecular flexibility index (Phi) is 4.06. The molecule has 3 rings (SSSR count). The van der Waals surface area contributed by atoms with E-state index in [-0.39, 0.29) is 5.75 Å². The number of piperazine rings is 1. The monoisotopic (exact) mass is 298 g/mol. The molecule has 0 bridgehead atoms. The van der Waals surface area contributed by atoms with E-state index in [1.165, 1.54) is 5.69 Å². The summed E-state index contributed by atoms with van der Waals surface area (Å²) in [5.74, 6) is 0.262. The minimum Gasteiger partial charge on any atom is -0.508 e. The summed E-state index contributed by atoms with van der Waals surface area (Å²) in [7, 11) is 0. The molecule has 1 aliphatic heterocycles. The molecule has 0 amide bonds. The normalized spacial score (nSPS) is 15.0. The highest BCUT2D eigenvalue weighted by molar-refractivity contribution is 7.80. The van der Waals surface area contributed by atoms with Gasteiger partial charge in [0.2, 0.25) is 0 Å². The van der Waals surface area contributed by atoms with Crippen molar-refractivity contribution in [3.8, 4) is 5.75 Å². The maximum Gasteiger partial charge on any atom is 0.116 e. The van der Waals surface area contributed by atoms with E-state index < -0.39 is 0 Å². The number of phenols is 1. The van der Waals surface area contributed by atoms with Crippen molar-refractivity contribution in [2.75, 3.05) is 31.1 Å². The Labute approximate surface area is 130 Å². The van der Waals surface area contributed by atoms with Crippen LogP contribution in [0.2, 0.25) is 0 Å². The maximum absolute atomic E-state index is 9.56. The van der Waals surface area contributed by atoms with Gasteiger partial charge >= 0.3 is 0 Å². The van der Waals surface area contributed by atoms with Gasteiger partial charge in [0.25, 0.3) is 0 Å².